The lowest BCUT2D eigenvalue weighted by molar-refractivity contribution is -0.131. The van der Waals surface area contributed by atoms with Gasteiger partial charge >= 0.3 is 5.97 Å². The quantitative estimate of drug-likeness (QED) is 0.352. The summed E-state index contributed by atoms with van der Waals surface area (Å²) < 4.78 is 5.13. The van der Waals surface area contributed by atoms with E-state index in [-0.39, 0.29) is 28.5 Å². The van der Waals surface area contributed by atoms with Crippen molar-refractivity contribution in [1.29, 1.82) is 0 Å². The van der Waals surface area contributed by atoms with Gasteiger partial charge in [-0.15, -0.1) is 0 Å². The highest BCUT2D eigenvalue weighted by Crippen LogP contribution is 2.22. The number of hydrogen-bond donors (Lipinski definition) is 2. The highest BCUT2D eigenvalue weighted by atomic mass is 16.5. The number of nitrogens with zero attached hydrogens (tertiary/aromatic N) is 1. The Labute approximate surface area is 205 Å². The average molecular weight is 474 g/mol. The Morgan fingerprint density at radius 3 is 2.17 bits per heavy atom. The third kappa shape index (κ3) is 7.25. The second-order valence-electron chi connectivity index (χ2n) is 9.14. The minimum atomic E-state index is -0.498. The van der Waals surface area contributed by atoms with E-state index in [2.05, 4.69) is 5.32 Å². The zero-order chi connectivity index (χ0) is 25.4. The number of nitrogens with one attached hydrogen (secondary N) is 1. The van der Waals surface area contributed by atoms with Crippen molar-refractivity contribution < 1.29 is 19.1 Å². The molecular formula is C28H31N3O4. The molecule has 0 aromatic heterocycles. The molecule has 0 heterocycles. The molecule has 0 spiro atoms. The lowest BCUT2D eigenvalue weighted by atomic mass is 9.92. The Hall–Kier alpha value is -3.97. The molecule has 0 aliphatic rings. The van der Waals surface area contributed by atoms with Crippen molar-refractivity contribution in [3.63, 3.8) is 0 Å². The number of carbonyl (C=O) groups is 3. The first kappa shape index (κ1) is 25.6. The van der Waals surface area contributed by atoms with E-state index < -0.39 is 5.97 Å². The summed E-state index contributed by atoms with van der Waals surface area (Å²) in [5.74, 6) is -0.750. The Kier molecular flexibility index (Phi) is 8.39. The molecule has 0 aliphatic carbocycles. The maximum Gasteiger partial charge on any atom is 0.308 e. The van der Waals surface area contributed by atoms with E-state index in [0.717, 1.165) is 5.56 Å². The van der Waals surface area contributed by atoms with Gasteiger partial charge in [-0.25, -0.2) is 0 Å². The minimum absolute atomic E-state index is 0.0633. The summed E-state index contributed by atoms with van der Waals surface area (Å²) in [5.41, 5.74) is 8.07. The molecule has 3 aromatic rings. The molecule has 0 aliphatic heterocycles. The van der Waals surface area contributed by atoms with Crippen molar-refractivity contribution in [2.24, 2.45) is 11.1 Å². The lowest BCUT2D eigenvalue weighted by Gasteiger charge is -2.32. The number of esters is 1. The number of benzene rings is 3. The van der Waals surface area contributed by atoms with E-state index >= 15 is 0 Å². The third-order valence-electron chi connectivity index (χ3n) is 5.45. The topological polar surface area (TPSA) is 102 Å². The van der Waals surface area contributed by atoms with E-state index in [0.29, 0.717) is 30.9 Å². The van der Waals surface area contributed by atoms with Crippen LogP contribution in [-0.2, 0) is 11.3 Å². The number of ether oxygens (including phenoxy) is 1. The van der Waals surface area contributed by atoms with Gasteiger partial charge in [0.25, 0.3) is 11.8 Å². The Morgan fingerprint density at radius 1 is 0.914 bits per heavy atom. The lowest BCUT2D eigenvalue weighted by Crippen LogP contribution is -2.41. The number of para-hydroxylation sites is 1. The average Bonchev–Trinajstić information content (AvgIpc) is 2.84. The zero-order valence-corrected chi connectivity index (χ0v) is 20.3. The molecule has 0 atom stereocenters. The second-order valence-corrected chi connectivity index (χ2v) is 9.14. The molecule has 7 nitrogen and oxygen atoms in total. The van der Waals surface area contributed by atoms with Crippen molar-refractivity contribution in [3.05, 3.63) is 95.6 Å². The second kappa shape index (κ2) is 11.4. The molecule has 0 saturated heterocycles. The van der Waals surface area contributed by atoms with Crippen LogP contribution in [0.3, 0.4) is 0 Å². The van der Waals surface area contributed by atoms with Crippen molar-refractivity contribution >= 4 is 23.5 Å². The molecular weight excluding hydrogens is 442 g/mol. The van der Waals surface area contributed by atoms with Crippen LogP contribution in [0.4, 0.5) is 5.69 Å². The van der Waals surface area contributed by atoms with Crippen molar-refractivity contribution in [1.82, 2.24) is 4.90 Å². The molecule has 35 heavy (non-hydrogen) atoms. The van der Waals surface area contributed by atoms with Gasteiger partial charge in [0.1, 0.15) is 5.75 Å². The molecule has 2 amide bonds. The smallest absolute Gasteiger partial charge is 0.308 e. The van der Waals surface area contributed by atoms with Crippen LogP contribution in [-0.4, -0.2) is 35.8 Å². The summed E-state index contributed by atoms with van der Waals surface area (Å²) in [5, 5.41) is 2.82. The van der Waals surface area contributed by atoms with E-state index in [4.69, 9.17) is 10.5 Å². The van der Waals surface area contributed by atoms with Crippen LogP contribution in [0.15, 0.2) is 78.9 Å². The van der Waals surface area contributed by atoms with Crippen LogP contribution in [0.5, 0.6) is 5.75 Å². The molecule has 0 unspecified atom stereocenters. The Morgan fingerprint density at radius 2 is 1.54 bits per heavy atom. The molecule has 7 heteroatoms. The number of rotatable bonds is 9. The largest absolute Gasteiger partial charge is 0.426 e. The maximum absolute atomic E-state index is 13.2. The molecule has 182 valence electrons. The van der Waals surface area contributed by atoms with Crippen LogP contribution in [0.1, 0.15) is 47.1 Å². The zero-order valence-electron chi connectivity index (χ0n) is 20.3. The van der Waals surface area contributed by atoms with Gasteiger partial charge in [-0.05, 0) is 53.9 Å². The summed E-state index contributed by atoms with van der Waals surface area (Å²) in [6, 6.07) is 23.0. The molecule has 3 rings (SSSR count). The fourth-order valence-corrected chi connectivity index (χ4v) is 3.55. The van der Waals surface area contributed by atoms with Crippen LogP contribution < -0.4 is 15.8 Å². The van der Waals surface area contributed by atoms with Crippen LogP contribution in [0.25, 0.3) is 0 Å². The van der Waals surface area contributed by atoms with Gasteiger partial charge in [0.05, 0.1) is 5.56 Å². The van der Waals surface area contributed by atoms with Crippen molar-refractivity contribution in [2.45, 2.75) is 27.3 Å². The highest BCUT2D eigenvalue weighted by Gasteiger charge is 2.25. The van der Waals surface area contributed by atoms with Gasteiger partial charge in [0.15, 0.2) is 0 Å². The van der Waals surface area contributed by atoms with Crippen molar-refractivity contribution in [2.75, 3.05) is 18.4 Å². The number of anilines is 1. The summed E-state index contributed by atoms with van der Waals surface area (Å²) in [6.45, 7) is 6.71. The van der Waals surface area contributed by atoms with Crippen LogP contribution in [0, 0.1) is 5.41 Å². The molecule has 3 N–H and O–H groups in total. The molecule has 0 saturated carbocycles. The predicted molar refractivity (Wildman–Crippen MR) is 136 cm³/mol. The number of amides is 2. The number of carbonyl (C=O) groups excluding carboxylic acids is 3. The van der Waals surface area contributed by atoms with Gasteiger partial charge in [-0.1, -0.05) is 56.3 Å². The fourth-order valence-electron chi connectivity index (χ4n) is 3.55. The first-order chi connectivity index (χ1) is 16.7. The minimum Gasteiger partial charge on any atom is -0.426 e. The SMILES string of the molecule is CC(=O)Oc1ccccc1C(=O)Nc1ccc(CN(CC(C)(C)CN)C(=O)c2ccccc2)cc1. The highest BCUT2D eigenvalue weighted by molar-refractivity contribution is 6.06. The van der Waals surface area contributed by atoms with Gasteiger partial charge in [0, 0.05) is 31.3 Å². The molecule has 3 aromatic carbocycles. The summed E-state index contributed by atoms with van der Waals surface area (Å²) in [6.07, 6.45) is 0. The van der Waals surface area contributed by atoms with Crippen molar-refractivity contribution in [3.8, 4) is 5.75 Å². The summed E-state index contributed by atoms with van der Waals surface area (Å²) in [4.78, 5) is 39.1. The normalized spacial score (nSPS) is 11.0. The van der Waals surface area contributed by atoms with E-state index in [1.165, 1.54) is 6.92 Å². The predicted octanol–water partition coefficient (Wildman–Crippen LogP) is 4.49. The number of hydrogen-bond acceptors (Lipinski definition) is 5. The van der Waals surface area contributed by atoms with E-state index in [9.17, 15) is 14.4 Å². The molecule has 0 fully saturated rings. The number of nitrogens with two attached hydrogens (primary N) is 1. The summed E-state index contributed by atoms with van der Waals surface area (Å²) in [7, 11) is 0. The Balaban J connectivity index is 1.74. The van der Waals surface area contributed by atoms with Gasteiger partial charge in [-0.3, -0.25) is 14.4 Å². The molecule has 0 bridgehead atoms. The van der Waals surface area contributed by atoms with Gasteiger partial charge in [-0.2, -0.15) is 0 Å². The van der Waals surface area contributed by atoms with E-state index in [1.54, 1.807) is 53.4 Å². The van der Waals surface area contributed by atoms with Gasteiger partial charge < -0.3 is 20.7 Å². The fraction of sp³-hybridized carbons (Fsp3) is 0.250. The first-order valence-electron chi connectivity index (χ1n) is 11.4. The summed E-state index contributed by atoms with van der Waals surface area (Å²) >= 11 is 0. The van der Waals surface area contributed by atoms with Crippen LogP contribution in [0.2, 0.25) is 0 Å². The Bertz CT molecular complexity index is 1170. The standard InChI is InChI=1S/C28H31N3O4/c1-20(32)35-25-12-8-7-11-24(25)26(33)30-23-15-13-21(14-16-23)17-31(19-28(2,3)18-29)27(34)22-9-5-4-6-10-22/h4-16H,17-19,29H2,1-3H3,(H,30,33). The van der Waals surface area contributed by atoms with E-state index in [1.807, 2.05) is 44.2 Å². The first-order valence-corrected chi connectivity index (χ1v) is 11.4. The van der Waals surface area contributed by atoms with Crippen LogP contribution >= 0.6 is 0 Å². The molecule has 0 radical (unpaired) electrons. The maximum atomic E-state index is 13.2. The third-order valence-corrected chi connectivity index (χ3v) is 5.45. The van der Waals surface area contributed by atoms with Gasteiger partial charge in [0.2, 0.25) is 0 Å². The monoisotopic (exact) mass is 473 g/mol.